The largest absolute Gasteiger partial charge is 0.573 e. The fourth-order valence-electron chi connectivity index (χ4n) is 3.62. The number of benzene rings is 2. The van der Waals surface area contributed by atoms with Gasteiger partial charge < -0.3 is 9.15 Å². The van der Waals surface area contributed by atoms with Gasteiger partial charge in [0.25, 0.3) is 0 Å². The third-order valence-electron chi connectivity index (χ3n) is 5.24. The van der Waals surface area contributed by atoms with E-state index in [1.807, 2.05) is 11.0 Å². The molecule has 0 N–H and O–H groups in total. The van der Waals surface area contributed by atoms with Gasteiger partial charge in [-0.3, -0.25) is 9.47 Å². The third-order valence-corrected chi connectivity index (χ3v) is 7.15. The van der Waals surface area contributed by atoms with Crippen LogP contribution in [0.25, 0.3) is 11.1 Å². The van der Waals surface area contributed by atoms with Gasteiger partial charge in [-0.25, -0.2) is 13.2 Å². The fourth-order valence-corrected chi connectivity index (χ4v) is 5.05. The van der Waals surface area contributed by atoms with Crippen LogP contribution < -0.4 is 10.5 Å². The van der Waals surface area contributed by atoms with Gasteiger partial charge in [0, 0.05) is 39.3 Å². The number of hydrogen-bond acceptors (Lipinski definition) is 6. The van der Waals surface area contributed by atoms with Crippen LogP contribution in [-0.4, -0.2) is 61.3 Å². The summed E-state index contributed by atoms with van der Waals surface area (Å²) < 4.78 is 74.3. The number of hydrogen-bond donors (Lipinski definition) is 0. The number of alkyl halides is 3. The van der Waals surface area contributed by atoms with Crippen molar-refractivity contribution in [1.29, 1.82) is 0 Å². The molecule has 1 aliphatic heterocycles. The van der Waals surface area contributed by atoms with Crippen LogP contribution in [0, 0.1) is 0 Å². The van der Waals surface area contributed by atoms with Crippen LogP contribution in [0.2, 0.25) is 0 Å². The number of ether oxygens (including phenoxy) is 1. The zero-order valence-electron chi connectivity index (χ0n) is 16.8. The van der Waals surface area contributed by atoms with Crippen LogP contribution in [0.15, 0.2) is 62.6 Å². The summed E-state index contributed by atoms with van der Waals surface area (Å²) in [6, 6.07) is 11.3. The molecule has 1 aliphatic rings. The number of nitrogens with zero attached hydrogens (tertiary/aromatic N) is 3. The minimum absolute atomic E-state index is 0.100. The molecule has 3 aromatic rings. The Morgan fingerprint density at radius 3 is 2.25 bits per heavy atom. The van der Waals surface area contributed by atoms with Crippen LogP contribution in [0.5, 0.6) is 5.75 Å². The molecule has 0 aliphatic carbocycles. The Labute approximate surface area is 181 Å². The van der Waals surface area contributed by atoms with E-state index in [2.05, 4.69) is 4.74 Å². The van der Waals surface area contributed by atoms with Crippen molar-refractivity contribution in [2.45, 2.75) is 17.8 Å². The Morgan fingerprint density at radius 2 is 1.59 bits per heavy atom. The molecule has 1 aromatic heterocycles. The Morgan fingerprint density at radius 1 is 0.938 bits per heavy atom. The Kier molecular flexibility index (Phi) is 6.01. The summed E-state index contributed by atoms with van der Waals surface area (Å²) in [5.74, 6) is -0.923. The van der Waals surface area contributed by atoms with Crippen LogP contribution >= 0.6 is 0 Å². The topological polar surface area (TPSA) is 85.0 Å². The predicted molar refractivity (Wildman–Crippen MR) is 109 cm³/mol. The molecule has 0 saturated carbocycles. The number of fused-ring (bicyclic) bond motifs is 1. The molecule has 1 fully saturated rings. The lowest BCUT2D eigenvalue weighted by atomic mass is 10.3. The number of oxazole rings is 1. The van der Waals surface area contributed by atoms with Crippen molar-refractivity contribution >= 4 is 21.1 Å². The summed E-state index contributed by atoms with van der Waals surface area (Å²) in [5, 5.41) is 0. The number of aromatic nitrogens is 1. The quantitative estimate of drug-likeness (QED) is 0.549. The SMILES string of the molecule is O=c1oc2ccccc2n1CCN1CCN(S(=O)(=O)c2ccc(OC(F)(F)F)cc2)CC1. The van der Waals surface area contributed by atoms with Gasteiger partial charge >= 0.3 is 12.1 Å². The summed E-state index contributed by atoms with van der Waals surface area (Å²) in [7, 11) is -3.84. The molecule has 2 aromatic carbocycles. The number of sulfonamides is 1. The van der Waals surface area contributed by atoms with E-state index >= 15 is 0 Å². The second-order valence-electron chi connectivity index (χ2n) is 7.25. The monoisotopic (exact) mass is 471 g/mol. The molecule has 12 heteroatoms. The molecule has 8 nitrogen and oxygen atoms in total. The van der Waals surface area contributed by atoms with E-state index in [1.54, 1.807) is 22.8 Å². The first-order valence-electron chi connectivity index (χ1n) is 9.80. The van der Waals surface area contributed by atoms with Crippen molar-refractivity contribution in [1.82, 2.24) is 13.8 Å². The van der Waals surface area contributed by atoms with Crippen molar-refractivity contribution < 1.29 is 30.7 Å². The van der Waals surface area contributed by atoms with E-state index in [0.29, 0.717) is 37.3 Å². The highest BCUT2D eigenvalue weighted by Crippen LogP contribution is 2.25. The number of para-hydroxylation sites is 2. The highest BCUT2D eigenvalue weighted by molar-refractivity contribution is 7.89. The molecule has 0 amide bonds. The molecule has 32 heavy (non-hydrogen) atoms. The lowest BCUT2D eigenvalue weighted by molar-refractivity contribution is -0.274. The summed E-state index contributed by atoms with van der Waals surface area (Å²) >= 11 is 0. The molecule has 1 saturated heterocycles. The Balaban J connectivity index is 1.35. The Hall–Kier alpha value is -2.83. The second kappa shape index (κ2) is 8.60. The molecule has 2 heterocycles. The van der Waals surface area contributed by atoms with Crippen molar-refractivity contribution in [3.8, 4) is 5.75 Å². The first-order valence-corrected chi connectivity index (χ1v) is 11.2. The lowest BCUT2D eigenvalue weighted by Gasteiger charge is -2.33. The molecule has 0 bridgehead atoms. The van der Waals surface area contributed by atoms with Gasteiger partial charge in [-0.2, -0.15) is 4.31 Å². The van der Waals surface area contributed by atoms with Gasteiger partial charge in [-0.1, -0.05) is 12.1 Å². The maximum absolute atomic E-state index is 12.8. The van der Waals surface area contributed by atoms with Crippen molar-refractivity contribution in [2.75, 3.05) is 32.7 Å². The Bertz CT molecular complexity index is 1240. The fraction of sp³-hybridized carbons (Fsp3) is 0.350. The van der Waals surface area contributed by atoms with E-state index in [-0.39, 0.29) is 18.0 Å². The van der Waals surface area contributed by atoms with Crippen molar-refractivity contribution in [3.63, 3.8) is 0 Å². The first-order chi connectivity index (χ1) is 15.1. The van der Waals surface area contributed by atoms with Gasteiger partial charge in [0.1, 0.15) is 5.75 Å². The average Bonchev–Trinajstić information content (AvgIpc) is 3.07. The summed E-state index contributed by atoms with van der Waals surface area (Å²) in [5.41, 5.74) is 1.22. The van der Waals surface area contributed by atoms with Gasteiger partial charge in [-0.15, -0.1) is 13.2 Å². The van der Waals surface area contributed by atoms with Gasteiger partial charge in [0.05, 0.1) is 10.4 Å². The second-order valence-corrected chi connectivity index (χ2v) is 9.19. The van der Waals surface area contributed by atoms with Crippen molar-refractivity contribution in [2.24, 2.45) is 0 Å². The molecule has 0 unspecified atom stereocenters. The van der Waals surface area contributed by atoms with Gasteiger partial charge in [0.2, 0.25) is 10.0 Å². The smallest absolute Gasteiger partial charge is 0.408 e. The normalized spacial score (nSPS) is 16.5. The van der Waals surface area contributed by atoms with Gasteiger partial charge in [-0.05, 0) is 36.4 Å². The summed E-state index contributed by atoms with van der Waals surface area (Å²) in [4.78, 5) is 14.0. The molecular formula is C20H20F3N3O5S. The number of piperazine rings is 1. The maximum Gasteiger partial charge on any atom is 0.573 e. The number of halogens is 3. The van der Waals surface area contributed by atoms with Crippen LogP contribution in [0.1, 0.15) is 0 Å². The minimum atomic E-state index is -4.84. The standard InChI is InChI=1S/C20H20F3N3O5S/c21-20(22,23)31-15-5-7-16(8-6-15)32(28,29)25-12-9-24(10-13-25)11-14-26-17-3-1-2-4-18(17)30-19(26)27/h1-8H,9-14H2. The minimum Gasteiger partial charge on any atom is -0.408 e. The van der Waals surface area contributed by atoms with E-state index < -0.39 is 27.9 Å². The maximum atomic E-state index is 12.8. The highest BCUT2D eigenvalue weighted by atomic mass is 32.2. The predicted octanol–water partition coefficient (Wildman–Crippen LogP) is 2.50. The number of rotatable bonds is 6. The van der Waals surface area contributed by atoms with Crippen LogP contribution in [-0.2, 0) is 16.6 Å². The molecular weight excluding hydrogens is 451 g/mol. The van der Waals surface area contributed by atoms with Crippen LogP contribution in [0.4, 0.5) is 13.2 Å². The highest BCUT2D eigenvalue weighted by Gasteiger charge is 2.32. The third kappa shape index (κ3) is 4.81. The van der Waals surface area contributed by atoms with E-state index in [9.17, 15) is 26.4 Å². The molecule has 0 spiro atoms. The molecule has 172 valence electrons. The zero-order valence-corrected chi connectivity index (χ0v) is 17.6. The molecule has 4 rings (SSSR count). The lowest BCUT2D eigenvalue weighted by Crippen LogP contribution is -2.49. The summed E-state index contributed by atoms with van der Waals surface area (Å²) in [6.45, 7) is 2.32. The van der Waals surface area contributed by atoms with Crippen LogP contribution in [0.3, 0.4) is 0 Å². The average molecular weight is 471 g/mol. The van der Waals surface area contributed by atoms with Crippen molar-refractivity contribution in [3.05, 3.63) is 59.1 Å². The summed E-state index contributed by atoms with van der Waals surface area (Å²) in [6.07, 6.45) is -4.84. The van der Waals surface area contributed by atoms with E-state index in [4.69, 9.17) is 4.42 Å². The first kappa shape index (κ1) is 22.4. The van der Waals surface area contributed by atoms with E-state index in [0.717, 1.165) is 24.3 Å². The molecule has 0 atom stereocenters. The van der Waals surface area contributed by atoms with E-state index in [1.165, 1.54) is 4.31 Å². The van der Waals surface area contributed by atoms with Gasteiger partial charge in [0.15, 0.2) is 5.58 Å². The zero-order chi connectivity index (χ0) is 22.9. The molecule has 0 radical (unpaired) electrons.